The summed E-state index contributed by atoms with van der Waals surface area (Å²) in [4.78, 5) is 18.3. The van der Waals surface area contributed by atoms with Crippen LogP contribution in [0.3, 0.4) is 0 Å². The summed E-state index contributed by atoms with van der Waals surface area (Å²) in [6, 6.07) is 9.79. The summed E-state index contributed by atoms with van der Waals surface area (Å²) < 4.78 is 1.78. The summed E-state index contributed by atoms with van der Waals surface area (Å²) in [6.07, 6.45) is 5.76. The van der Waals surface area contributed by atoms with E-state index in [1.807, 2.05) is 43.5 Å². The van der Waals surface area contributed by atoms with Crippen molar-refractivity contribution >= 4 is 22.4 Å². The molecule has 7 heteroatoms. The zero-order chi connectivity index (χ0) is 17.9. The van der Waals surface area contributed by atoms with Crippen molar-refractivity contribution < 1.29 is 4.79 Å². The fourth-order valence-corrected chi connectivity index (χ4v) is 4.25. The third-order valence-electron chi connectivity index (χ3n) is 4.74. The van der Waals surface area contributed by atoms with E-state index in [1.165, 1.54) is 4.88 Å². The summed E-state index contributed by atoms with van der Waals surface area (Å²) in [5, 5.41) is 11.3. The number of carbonyl (C=O) groups excluding carboxylic acids is 1. The summed E-state index contributed by atoms with van der Waals surface area (Å²) in [6.45, 7) is 3.99. The van der Waals surface area contributed by atoms with Crippen LogP contribution in [-0.2, 0) is 0 Å². The van der Waals surface area contributed by atoms with Crippen LogP contribution in [0, 0.1) is 6.92 Å². The molecule has 1 aromatic carbocycles. The maximum absolute atomic E-state index is 12.7. The minimum atomic E-state index is -0.170. The molecule has 0 saturated carbocycles. The Morgan fingerprint density at radius 2 is 2.00 bits per heavy atom. The summed E-state index contributed by atoms with van der Waals surface area (Å²) in [5.74, 6) is 0.373. The first-order valence-corrected chi connectivity index (χ1v) is 9.62. The Morgan fingerprint density at radius 1 is 1.23 bits per heavy atom. The van der Waals surface area contributed by atoms with E-state index in [0.29, 0.717) is 16.6 Å². The number of amides is 1. The van der Waals surface area contributed by atoms with Crippen molar-refractivity contribution in [2.75, 3.05) is 18.4 Å². The number of aromatic nitrogens is 3. The van der Waals surface area contributed by atoms with E-state index >= 15 is 0 Å². The van der Waals surface area contributed by atoms with Crippen LogP contribution in [0.2, 0.25) is 0 Å². The van der Waals surface area contributed by atoms with Gasteiger partial charge in [-0.3, -0.25) is 10.1 Å². The van der Waals surface area contributed by atoms with Gasteiger partial charge in [0.05, 0.1) is 23.1 Å². The van der Waals surface area contributed by atoms with E-state index in [0.717, 1.165) is 37.3 Å². The van der Waals surface area contributed by atoms with Gasteiger partial charge >= 0.3 is 0 Å². The van der Waals surface area contributed by atoms with Gasteiger partial charge < -0.3 is 5.32 Å². The lowest BCUT2D eigenvalue weighted by atomic mass is 9.97. The lowest BCUT2D eigenvalue weighted by Crippen LogP contribution is -2.26. The molecule has 0 radical (unpaired) electrons. The van der Waals surface area contributed by atoms with Crippen molar-refractivity contribution in [2.45, 2.75) is 25.7 Å². The molecule has 0 bridgehead atoms. The molecule has 134 valence electrons. The highest BCUT2D eigenvalue weighted by Gasteiger charge is 2.20. The number of benzene rings is 1. The lowest BCUT2D eigenvalue weighted by Gasteiger charge is -2.20. The Labute approximate surface area is 156 Å². The molecule has 0 spiro atoms. The predicted molar refractivity (Wildman–Crippen MR) is 103 cm³/mol. The number of nitrogens with zero attached hydrogens (tertiary/aromatic N) is 3. The maximum Gasteiger partial charge on any atom is 0.260 e. The second kappa shape index (κ2) is 7.39. The van der Waals surface area contributed by atoms with Crippen molar-refractivity contribution in [2.24, 2.45) is 0 Å². The predicted octanol–water partition coefficient (Wildman–Crippen LogP) is 3.36. The number of hydrogen-bond acceptors (Lipinski definition) is 5. The number of nitrogens with one attached hydrogen (secondary N) is 2. The molecule has 3 aromatic rings. The molecule has 3 heterocycles. The quantitative estimate of drug-likeness (QED) is 0.742. The number of thiazole rings is 1. The van der Waals surface area contributed by atoms with E-state index in [2.05, 4.69) is 20.7 Å². The third-order valence-corrected chi connectivity index (χ3v) is 5.82. The highest BCUT2D eigenvalue weighted by atomic mass is 32.1. The summed E-state index contributed by atoms with van der Waals surface area (Å²) in [7, 11) is 0. The van der Waals surface area contributed by atoms with Crippen LogP contribution < -0.4 is 10.6 Å². The molecule has 2 aromatic heterocycles. The minimum absolute atomic E-state index is 0.170. The Kier molecular flexibility index (Phi) is 4.81. The molecule has 4 rings (SSSR count). The number of carbonyl (C=O) groups is 1. The Balaban J connectivity index is 1.49. The van der Waals surface area contributed by atoms with Gasteiger partial charge in [-0.15, -0.1) is 11.3 Å². The van der Waals surface area contributed by atoms with Crippen LogP contribution in [0.1, 0.15) is 39.7 Å². The topological polar surface area (TPSA) is 71.8 Å². The standard InChI is InChI=1S/C19H21N5OS/c1-13-16(11-22-24(13)15-5-3-2-4-6-15)18(25)23-19-21-12-17(26-19)14-7-9-20-10-8-14/h2-6,11-12,14,20H,7-10H2,1H3,(H,21,23,25). The largest absolute Gasteiger partial charge is 0.317 e. The van der Waals surface area contributed by atoms with Crippen molar-refractivity contribution in [1.29, 1.82) is 0 Å². The maximum atomic E-state index is 12.7. The molecule has 0 atom stereocenters. The molecular weight excluding hydrogens is 346 g/mol. The van der Waals surface area contributed by atoms with E-state index in [4.69, 9.17) is 0 Å². The highest BCUT2D eigenvalue weighted by Crippen LogP contribution is 2.31. The Bertz CT molecular complexity index is 896. The zero-order valence-corrected chi connectivity index (χ0v) is 15.4. The first-order valence-electron chi connectivity index (χ1n) is 8.80. The smallest absolute Gasteiger partial charge is 0.260 e. The Hall–Kier alpha value is -2.51. The molecule has 1 amide bonds. The third kappa shape index (κ3) is 3.40. The van der Waals surface area contributed by atoms with Crippen molar-refractivity contribution in [1.82, 2.24) is 20.1 Å². The van der Waals surface area contributed by atoms with Gasteiger partial charge in [-0.25, -0.2) is 9.67 Å². The number of piperidine rings is 1. The first kappa shape index (κ1) is 16.9. The van der Waals surface area contributed by atoms with Crippen LogP contribution in [0.5, 0.6) is 0 Å². The molecule has 0 unspecified atom stereocenters. The monoisotopic (exact) mass is 367 g/mol. The van der Waals surface area contributed by atoms with Crippen molar-refractivity contribution in [3.8, 4) is 5.69 Å². The fraction of sp³-hybridized carbons (Fsp3) is 0.316. The minimum Gasteiger partial charge on any atom is -0.317 e. The summed E-state index contributed by atoms with van der Waals surface area (Å²) in [5.41, 5.74) is 2.31. The van der Waals surface area contributed by atoms with Gasteiger partial charge in [0.15, 0.2) is 5.13 Å². The van der Waals surface area contributed by atoms with E-state index in [1.54, 1.807) is 22.2 Å². The van der Waals surface area contributed by atoms with Crippen molar-refractivity contribution in [3.63, 3.8) is 0 Å². The normalized spacial score (nSPS) is 15.1. The molecule has 0 aliphatic carbocycles. The molecule has 1 aliphatic heterocycles. The highest BCUT2D eigenvalue weighted by molar-refractivity contribution is 7.15. The SMILES string of the molecule is Cc1c(C(=O)Nc2ncc(C3CCNCC3)s2)cnn1-c1ccccc1. The molecular formula is C19H21N5OS. The molecule has 1 aliphatic rings. The van der Waals surface area contributed by atoms with E-state index in [9.17, 15) is 4.79 Å². The average molecular weight is 367 g/mol. The van der Waals surface area contributed by atoms with Gasteiger partial charge in [0.1, 0.15) is 0 Å². The van der Waals surface area contributed by atoms with Crippen LogP contribution in [-0.4, -0.2) is 33.8 Å². The number of rotatable bonds is 4. The lowest BCUT2D eigenvalue weighted by molar-refractivity contribution is 0.102. The molecule has 6 nitrogen and oxygen atoms in total. The van der Waals surface area contributed by atoms with Gasteiger partial charge in [0.2, 0.25) is 0 Å². The first-order chi connectivity index (χ1) is 12.7. The molecule has 26 heavy (non-hydrogen) atoms. The van der Waals surface area contributed by atoms with Crippen LogP contribution >= 0.6 is 11.3 Å². The zero-order valence-electron chi connectivity index (χ0n) is 14.6. The van der Waals surface area contributed by atoms with Crippen LogP contribution in [0.4, 0.5) is 5.13 Å². The van der Waals surface area contributed by atoms with Gasteiger partial charge in [0, 0.05) is 11.1 Å². The second-order valence-corrected chi connectivity index (χ2v) is 7.50. The van der Waals surface area contributed by atoms with Gasteiger partial charge in [-0.05, 0) is 50.9 Å². The number of para-hydroxylation sites is 1. The number of hydrogen-bond donors (Lipinski definition) is 2. The second-order valence-electron chi connectivity index (χ2n) is 6.44. The molecule has 2 N–H and O–H groups in total. The van der Waals surface area contributed by atoms with Gasteiger partial charge in [-0.2, -0.15) is 5.10 Å². The average Bonchev–Trinajstić information content (AvgIpc) is 3.30. The van der Waals surface area contributed by atoms with Gasteiger partial charge in [-0.1, -0.05) is 18.2 Å². The van der Waals surface area contributed by atoms with Crippen LogP contribution in [0.25, 0.3) is 5.69 Å². The Morgan fingerprint density at radius 3 is 2.77 bits per heavy atom. The van der Waals surface area contributed by atoms with Crippen molar-refractivity contribution in [3.05, 3.63) is 58.9 Å². The van der Waals surface area contributed by atoms with E-state index in [-0.39, 0.29) is 5.91 Å². The number of anilines is 1. The fourth-order valence-electron chi connectivity index (χ4n) is 3.27. The van der Waals surface area contributed by atoms with Crippen LogP contribution in [0.15, 0.2) is 42.7 Å². The van der Waals surface area contributed by atoms with Gasteiger partial charge in [0.25, 0.3) is 5.91 Å². The molecule has 1 fully saturated rings. The summed E-state index contributed by atoms with van der Waals surface area (Å²) >= 11 is 1.57. The molecule has 1 saturated heterocycles. The van der Waals surface area contributed by atoms with E-state index < -0.39 is 0 Å².